The number of hydrogen-bond acceptors (Lipinski definition) is 4. The molecule has 32 heavy (non-hydrogen) atoms. The molecule has 0 aromatic heterocycles. The Morgan fingerprint density at radius 3 is 2.34 bits per heavy atom. The Labute approximate surface area is 191 Å². The van der Waals surface area contributed by atoms with Crippen LogP contribution in [0.25, 0.3) is 0 Å². The molecule has 0 bridgehead atoms. The Kier molecular flexibility index (Phi) is 6.70. The van der Waals surface area contributed by atoms with Gasteiger partial charge in [-0.2, -0.15) is 4.31 Å². The number of hydrogen-bond donors (Lipinski definition) is 0. The van der Waals surface area contributed by atoms with E-state index in [0.717, 1.165) is 24.1 Å². The predicted octanol–water partition coefficient (Wildman–Crippen LogP) is 3.48. The molecule has 2 atom stereocenters. The average Bonchev–Trinajstić information content (AvgIpc) is 3.14. The summed E-state index contributed by atoms with van der Waals surface area (Å²) in [5, 5.41) is 0. The minimum Gasteiger partial charge on any atom is -0.308 e. The zero-order valence-corrected chi connectivity index (χ0v) is 20.0. The predicted molar refractivity (Wildman–Crippen MR) is 127 cm³/mol. The topological polar surface area (TPSA) is 60.9 Å². The first-order valence-corrected chi connectivity index (χ1v) is 13.0. The highest BCUT2D eigenvalue weighted by Crippen LogP contribution is 2.32. The first kappa shape index (κ1) is 23.0. The second-order valence-electron chi connectivity index (χ2n) is 9.00. The summed E-state index contributed by atoms with van der Waals surface area (Å²) < 4.78 is 27.7. The lowest BCUT2D eigenvalue weighted by Crippen LogP contribution is -2.52. The van der Waals surface area contributed by atoms with Gasteiger partial charge in [0.15, 0.2) is 0 Å². The van der Waals surface area contributed by atoms with E-state index in [-0.39, 0.29) is 11.9 Å². The number of fused-ring (bicyclic) bond motifs is 1. The van der Waals surface area contributed by atoms with Crippen molar-refractivity contribution < 1.29 is 13.2 Å². The van der Waals surface area contributed by atoms with Crippen molar-refractivity contribution in [1.82, 2.24) is 9.21 Å². The number of rotatable bonds is 6. The Morgan fingerprint density at radius 1 is 1.03 bits per heavy atom. The lowest BCUT2D eigenvalue weighted by Gasteiger charge is -2.35. The van der Waals surface area contributed by atoms with E-state index >= 15 is 0 Å². The number of para-hydroxylation sites is 1. The monoisotopic (exact) mass is 455 g/mol. The maximum Gasteiger partial charge on any atom is 0.243 e. The molecule has 1 fully saturated rings. The Bertz CT molecular complexity index is 1060. The van der Waals surface area contributed by atoms with Gasteiger partial charge in [0.2, 0.25) is 15.9 Å². The molecular formula is C25H33N3O3S. The average molecular weight is 456 g/mol. The van der Waals surface area contributed by atoms with Gasteiger partial charge in [-0.3, -0.25) is 9.69 Å². The number of carbonyl (C=O) groups is 1. The van der Waals surface area contributed by atoms with Crippen LogP contribution in [0, 0.1) is 0 Å². The third-order valence-corrected chi connectivity index (χ3v) is 8.78. The third-order valence-electron chi connectivity index (χ3n) is 6.87. The number of carbonyl (C=O) groups excluding carboxylic acids is 1. The van der Waals surface area contributed by atoms with Crippen LogP contribution >= 0.6 is 0 Å². The van der Waals surface area contributed by atoms with Gasteiger partial charge in [0.25, 0.3) is 0 Å². The van der Waals surface area contributed by atoms with Crippen molar-refractivity contribution >= 4 is 21.6 Å². The van der Waals surface area contributed by atoms with E-state index in [2.05, 4.69) is 31.7 Å². The molecule has 0 saturated carbocycles. The number of sulfonamides is 1. The molecule has 0 N–H and O–H groups in total. The number of amides is 1. The third kappa shape index (κ3) is 4.47. The summed E-state index contributed by atoms with van der Waals surface area (Å²) in [6.07, 6.45) is 1.90. The first-order chi connectivity index (χ1) is 15.3. The van der Waals surface area contributed by atoms with Gasteiger partial charge < -0.3 is 4.90 Å². The van der Waals surface area contributed by atoms with Gasteiger partial charge in [-0.05, 0) is 55.0 Å². The van der Waals surface area contributed by atoms with Gasteiger partial charge >= 0.3 is 0 Å². The maximum atomic E-state index is 13.1. The molecule has 2 unspecified atom stereocenters. The number of piperazine rings is 1. The van der Waals surface area contributed by atoms with E-state index < -0.39 is 10.0 Å². The van der Waals surface area contributed by atoms with Crippen LogP contribution in [0.1, 0.15) is 44.2 Å². The van der Waals surface area contributed by atoms with Crippen molar-refractivity contribution in [3.8, 4) is 0 Å². The van der Waals surface area contributed by atoms with Crippen LogP contribution in [0.5, 0.6) is 0 Å². The number of benzene rings is 2. The van der Waals surface area contributed by atoms with Crippen molar-refractivity contribution in [3.05, 3.63) is 59.7 Å². The molecule has 2 aliphatic heterocycles. The molecule has 2 aliphatic rings. The second kappa shape index (κ2) is 9.33. The SMILES string of the molecule is CCC(C)c1ccc(S(=O)(=O)N2CCN(CC(=O)N3c4ccccc4CC3C)CC2)cc1. The maximum absolute atomic E-state index is 13.1. The molecule has 0 spiro atoms. The van der Waals surface area contributed by atoms with E-state index in [1.165, 1.54) is 5.56 Å². The molecule has 6 nitrogen and oxygen atoms in total. The van der Waals surface area contributed by atoms with E-state index in [0.29, 0.717) is 43.5 Å². The lowest BCUT2D eigenvalue weighted by atomic mass is 9.99. The van der Waals surface area contributed by atoms with E-state index in [9.17, 15) is 13.2 Å². The normalized spacial score (nSPS) is 20.8. The molecule has 0 aliphatic carbocycles. The van der Waals surface area contributed by atoms with Crippen molar-refractivity contribution in [3.63, 3.8) is 0 Å². The smallest absolute Gasteiger partial charge is 0.243 e. The van der Waals surface area contributed by atoms with Crippen LogP contribution < -0.4 is 4.90 Å². The number of nitrogens with zero attached hydrogens (tertiary/aromatic N) is 3. The quantitative estimate of drug-likeness (QED) is 0.669. The van der Waals surface area contributed by atoms with Gasteiger partial charge in [-0.1, -0.05) is 44.2 Å². The van der Waals surface area contributed by atoms with Crippen molar-refractivity contribution in [2.24, 2.45) is 0 Å². The zero-order chi connectivity index (χ0) is 22.9. The molecule has 4 rings (SSSR count). The second-order valence-corrected chi connectivity index (χ2v) is 10.9. The summed E-state index contributed by atoms with van der Waals surface area (Å²) >= 11 is 0. The highest BCUT2D eigenvalue weighted by Gasteiger charge is 2.33. The summed E-state index contributed by atoms with van der Waals surface area (Å²) in [5.41, 5.74) is 3.38. The van der Waals surface area contributed by atoms with Crippen LogP contribution in [0.15, 0.2) is 53.4 Å². The number of anilines is 1. The van der Waals surface area contributed by atoms with Crippen LogP contribution in [0.2, 0.25) is 0 Å². The van der Waals surface area contributed by atoms with E-state index in [4.69, 9.17) is 0 Å². The largest absolute Gasteiger partial charge is 0.308 e. The highest BCUT2D eigenvalue weighted by atomic mass is 32.2. The van der Waals surface area contributed by atoms with E-state index in [1.807, 2.05) is 35.2 Å². The van der Waals surface area contributed by atoms with Gasteiger partial charge in [0, 0.05) is 37.9 Å². The molecule has 2 aromatic rings. The minimum absolute atomic E-state index is 0.0828. The van der Waals surface area contributed by atoms with Crippen LogP contribution in [0.4, 0.5) is 5.69 Å². The summed E-state index contributed by atoms with van der Waals surface area (Å²) in [4.78, 5) is 17.4. The Hall–Kier alpha value is -2.22. The molecular weight excluding hydrogens is 422 g/mol. The Morgan fingerprint density at radius 2 is 1.69 bits per heavy atom. The molecule has 7 heteroatoms. The fraction of sp³-hybridized carbons (Fsp3) is 0.480. The summed E-state index contributed by atoms with van der Waals surface area (Å²) in [7, 11) is -3.52. The minimum atomic E-state index is -3.52. The molecule has 2 aromatic carbocycles. The van der Waals surface area contributed by atoms with Crippen molar-refractivity contribution in [2.75, 3.05) is 37.6 Å². The zero-order valence-electron chi connectivity index (χ0n) is 19.2. The summed E-state index contributed by atoms with van der Waals surface area (Å²) in [5.74, 6) is 0.498. The molecule has 2 heterocycles. The van der Waals surface area contributed by atoms with Gasteiger partial charge in [-0.25, -0.2) is 8.42 Å². The summed E-state index contributed by atoms with van der Waals surface area (Å²) in [6, 6.07) is 15.5. The van der Waals surface area contributed by atoms with Gasteiger partial charge in [0.05, 0.1) is 11.4 Å². The van der Waals surface area contributed by atoms with Gasteiger partial charge in [0.1, 0.15) is 0 Å². The van der Waals surface area contributed by atoms with Crippen molar-refractivity contribution in [1.29, 1.82) is 0 Å². The molecule has 172 valence electrons. The molecule has 1 saturated heterocycles. The molecule has 1 amide bonds. The van der Waals surface area contributed by atoms with Gasteiger partial charge in [-0.15, -0.1) is 0 Å². The summed E-state index contributed by atoms with van der Waals surface area (Å²) in [6.45, 7) is 8.57. The standard InChI is InChI=1S/C25H33N3O3S/c1-4-19(2)21-9-11-23(12-10-21)32(30,31)27-15-13-26(14-16-27)18-25(29)28-20(3)17-22-7-5-6-8-24(22)28/h5-12,19-20H,4,13-18H2,1-3H3. The van der Waals surface area contributed by atoms with Crippen LogP contribution in [-0.4, -0.2) is 62.3 Å². The van der Waals surface area contributed by atoms with Crippen LogP contribution in [0.3, 0.4) is 0 Å². The fourth-order valence-corrected chi connectivity index (χ4v) is 6.12. The highest BCUT2D eigenvalue weighted by molar-refractivity contribution is 7.89. The lowest BCUT2D eigenvalue weighted by molar-refractivity contribution is -0.120. The first-order valence-electron chi connectivity index (χ1n) is 11.5. The van der Waals surface area contributed by atoms with E-state index in [1.54, 1.807) is 16.4 Å². The fourth-order valence-electron chi connectivity index (χ4n) is 4.69. The Balaban J connectivity index is 1.36. The van der Waals surface area contributed by atoms with Crippen molar-refractivity contribution in [2.45, 2.75) is 50.5 Å². The van der Waals surface area contributed by atoms with Crippen LogP contribution in [-0.2, 0) is 21.2 Å². The molecule has 0 radical (unpaired) electrons.